The molecule has 106 valence electrons. The first kappa shape index (κ1) is 12.9. The van der Waals surface area contributed by atoms with Crippen LogP contribution in [-0.4, -0.2) is 18.2 Å². The number of rotatable bonds is 3. The van der Waals surface area contributed by atoms with Crippen LogP contribution in [0.25, 0.3) is 10.8 Å². The second kappa shape index (κ2) is 5.12. The fraction of sp³-hybridized carbons (Fsp3) is 0.0714. The van der Waals surface area contributed by atoms with Gasteiger partial charge in [-0.2, -0.15) is 0 Å². The Balaban J connectivity index is 2.02. The van der Waals surface area contributed by atoms with Crippen LogP contribution in [0.5, 0.6) is 5.75 Å². The lowest BCUT2D eigenvalue weighted by Crippen LogP contribution is -2.15. The van der Waals surface area contributed by atoms with Crippen molar-refractivity contribution in [3.05, 3.63) is 52.8 Å². The summed E-state index contributed by atoms with van der Waals surface area (Å²) in [5.41, 5.74) is -0.597. The summed E-state index contributed by atoms with van der Waals surface area (Å²) < 4.78 is 14.7. The number of fused-ring (bicyclic) bond motifs is 1. The molecule has 21 heavy (non-hydrogen) atoms. The Labute approximate surface area is 118 Å². The molecule has 0 aliphatic carbocycles. The average Bonchev–Trinajstić information content (AvgIpc) is 2.99. The number of hydrogen-bond acceptors (Lipinski definition) is 6. The Hall–Kier alpha value is -3.09. The van der Waals surface area contributed by atoms with E-state index in [-0.39, 0.29) is 11.6 Å². The predicted octanol–water partition coefficient (Wildman–Crippen LogP) is 2.04. The lowest BCUT2D eigenvalue weighted by atomic mass is 10.1. The molecule has 0 spiro atoms. The number of nitrogens with zero attached hydrogens (tertiary/aromatic N) is 1. The average molecular weight is 286 g/mol. The van der Waals surface area contributed by atoms with Crippen LogP contribution in [0.2, 0.25) is 0 Å². The highest BCUT2D eigenvalue weighted by molar-refractivity contribution is 6.03. The number of methoxy groups -OCH3 is 1. The number of aromatic nitrogens is 1. The Morgan fingerprint density at radius 3 is 2.86 bits per heavy atom. The van der Waals surface area contributed by atoms with E-state index in [9.17, 15) is 9.59 Å². The Kier molecular flexibility index (Phi) is 3.15. The molecule has 0 saturated carbocycles. The molecule has 0 saturated heterocycles. The SMILES string of the molecule is COc1ccc2c(=O)oc(C(=O)Nc3ccon3)cc2c1. The molecule has 2 aromatic heterocycles. The highest BCUT2D eigenvalue weighted by Gasteiger charge is 2.14. The molecule has 7 nitrogen and oxygen atoms in total. The zero-order valence-corrected chi connectivity index (χ0v) is 11.0. The highest BCUT2D eigenvalue weighted by Crippen LogP contribution is 2.19. The van der Waals surface area contributed by atoms with Crippen molar-refractivity contribution in [1.29, 1.82) is 0 Å². The first-order valence-corrected chi connectivity index (χ1v) is 6.01. The monoisotopic (exact) mass is 286 g/mol. The molecule has 0 fully saturated rings. The summed E-state index contributed by atoms with van der Waals surface area (Å²) in [6.07, 6.45) is 1.32. The van der Waals surface area contributed by atoms with Crippen molar-refractivity contribution in [3.63, 3.8) is 0 Å². The minimum atomic E-state index is -0.597. The van der Waals surface area contributed by atoms with Gasteiger partial charge < -0.3 is 19.0 Å². The van der Waals surface area contributed by atoms with E-state index in [1.165, 1.54) is 25.5 Å². The van der Waals surface area contributed by atoms with Gasteiger partial charge in [0.15, 0.2) is 11.6 Å². The first-order chi connectivity index (χ1) is 10.2. The summed E-state index contributed by atoms with van der Waals surface area (Å²) in [6, 6.07) is 7.82. The van der Waals surface area contributed by atoms with Crippen LogP contribution in [0.4, 0.5) is 5.82 Å². The van der Waals surface area contributed by atoms with E-state index < -0.39 is 11.5 Å². The van der Waals surface area contributed by atoms with Crippen molar-refractivity contribution in [1.82, 2.24) is 5.16 Å². The van der Waals surface area contributed by atoms with E-state index in [0.717, 1.165) is 0 Å². The molecule has 0 aliphatic heterocycles. The smallest absolute Gasteiger partial charge is 0.344 e. The highest BCUT2D eigenvalue weighted by atomic mass is 16.5. The molecule has 7 heteroatoms. The molecule has 2 heterocycles. The van der Waals surface area contributed by atoms with Gasteiger partial charge in [-0.25, -0.2) is 4.79 Å². The number of carbonyl (C=O) groups excluding carboxylic acids is 1. The van der Waals surface area contributed by atoms with Gasteiger partial charge in [-0.1, -0.05) is 5.16 Å². The summed E-state index contributed by atoms with van der Waals surface area (Å²) in [5, 5.41) is 6.92. The van der Waals surface area contributed by atoms with E-state index in [2.05, 4.69) is 15.0 Å². The second-order valence-corrected chi connectivity index (χ2v) is 4.19. The van der Waals surface area contributed by atoms with Crippen molar-refractivity contribution in [3.8, 4) is 5.75 Å². The maximum Gasteiger partial charge on any atom is 0.344 e. The number of anilines is 1. The zero-order chi connectivity index (χ0) is 14.8. The maximum atomic E-state index is 12.0. The molecule has 1 aromatic carbocycles. The van der Waals surface area contributed by atoms with Gasteiger partial charge in [0, 0.05) is 6.07 Å². The van der Waals surface area contributed by atoms with Crippen LogP contribution in [0, 0.1) is 0 Å². The molecule has 1 amide bonds. The van der Waals surface area contributed by atoms with E-state index in [1.54, 1.807) is 18.2 Å². The summed E-state index contributed by atoms with van der Waals surface area (Å²) in [4.78, 5) is 23.9. The fourth-order valence-corrected chi connectivity index (χ4v) is 1.87. The summed E-state index contributed by atoms with van der Waals surface area (Å²) in [6.45, 7) is 0. The second-order valence-electron chi connectivity index (χ2n) is 4.19. The third-order valence-corrected chi connectivity index (χ3v) is 2.87. The first-order valence-electron chi connectivity index (χ1n) is 6.01. The topological polar surface area (TPSA) is 94.6 Å². The Morgan fingerprint density at radius 1 is 1.29 bits per heavy atom. The van der Waals surface area contributed by atoms with Crippen LogP contribution >= 0.6 is 0 Å². The lowest BCUT2D eigenvalue weighted by Gasteiger charge is -2.04. The number of hydrogen-bond donors (Lipinski definition) is 1. The number of ether oxygens (including phenoxy) is 1. The van der Waals surface area contributed by atoms with Crippen molar-refractivity contribution in [2.24, 2.45) is 0 Å². The van der Waals surface area contributed by atoms with Crippen LogP contribution in [0.1, 0.15) is 10.6 Å². The standard InChI is InChI=1S/C14H10N2O5/c1-19-9-2-3-10-8(6-9)7-11(21-14(10)18)13(17)15-12-4-5-20-16-12/h2-7H,1H3,(H,15,16,17). The largest absolute Gasteiger partial charge is 0.497 e. The molecule has 3 aromatic rings. The molecule has 0 radical (unpaired) electrons. The number of benzene rings is 1. The Bertz CT molecular complexity index is 851. The molecule has 0 atom stereocenters. The van der Waals surface area contributed by atoms with Crippen LogP contribution in [-0.2, 0) is 0 Å². The molecule has 0 aliphatic rings. The summed E-state index contributed by atoms with van der Waals surface area (Å²) in [5.74, 6) is 0.0961. The minimum absolute atomic E-state index is 0.122. The van der Waals surface area contributed by atoms with Crippen LogP contribution in [0.3, 0.4) is 0 Å². The Morgan fingerprint density at radius 2 is 2.14 bits per heavy atom. The number of nitrogens with one attached hydrogen (secondary N) is 1. The lowest BCUT2D eigenvalue weighted by molar-refractivity contribution is 0.0992. The predicted molar refractivity (Wildman–Crippen MR) is 73.5 cm³/mol. The van der Waals surface area contributed by atoms with Crippen LogP contribution in [0.15, 0.2) is 50.3 Å². The molecular formula is C14H10N2O5. The van der Waals surface area contributed by atoms with Crippen molar-refractivity contribution < 1.29 is 18.5 Å². The minimum Gasteiger partial charge on any atom is -0.497 e. The van der Waals surface area contributed by atoms with Crippen molar-refractivity contribution >= 4 is 22.5 Å². The van der Waals surface area contributed by atoms with Gasteiger partial charge in [0.2, 0.25) is 0 Å². The van der Waals surface area contributed by atoms with Gasteiger partial charge in [-0.05, 0) is 29.7 Å². The fourth-order valence-electron chi connectivity index (χ4n) is 1.87. The quantitative estimate of drug-likeness (QED) is 0.791. The van der Waals surface area contributed by atoms with E-state index in [4.69, 9.17) is 9.15 Å². The van der Waals surface area contributed by atoms with Gasteiger partial charge in [0.25, 0.3) is 5.91 Å². The van der Waals surface area contributed by atoms with Gasteiger partial charge in [0.1, 0.15) is 12.0 Å². The zero-order valence-electron chi connectivity index (χ0n) is 11.0. The van der Waals surface area contributed by atoms with Gasteiger partial charge >= 0.3 is 5.63 Å². The molecule has 3 rings (SSSR count). The van der Waals surface area contributed by atoms with Gasteiger partial charge in [-0.15, -0.1) is 0 Å². The van der Waals surface area contributed by atoms with E-state index >= 15 is 0 Å². The van der Waals surface area contributed by atoms with Crippen LogP contribution < -0.4 is 15.7 Å². The van der Waals surface area contributed by atoms with Gasteiger partial charge in [0.05, 0.1) is 12.5 Å². The van der Waals surface area contributed by atoms with Crippen molar-refractivity contribution in [2.75, 3.05) is 12.4 Å². The van der Waals surface area contributed by atoms with Gasteiger partial charge in [-0.3, -0.25) is 4.79 Å². The molecule has 0 unspecified atom stereocenters. The van der Waals surface area contributed by atoms with E-state index in [1.807, 2.05) is 0 Å². The molecular weight excluding hydrogens is 276 g/mol. The summed E-state index contributed by atoms with van der Waals surface area (Å²) >= 11 is 0. The maximum absolute atomic E-state index is 12.0. The van der Waals surface area contributed by atoms with Crippen molar-refractivity contribution in [2.45, 2.75) is 0 Å². The third kappa shape index (κ3) is 2.48. The van der Waals surface area contributed by atoms with E-state index in [0.29, 0.717) is 16.5 Å². The summed E-state index contributed by atoms with van der Waals surface area (Å²) in [7, 11) is 1.52. The third-order valence-electron chi connectivity index (χ3n) is 2.87. The number of amides is 1. The number of carbonyl (C=O) groups is 1. The molecule has 0 bridgehead atoms. The normalized spacial score (nSPS) is 10.5. The molecule has 1 N–H and O–H groups in total.